The van der Waals surface area contributed by atoms with Crippen molar-refractivity contribution in [3.63, 3.8) is 0 Å². The molecule has 11 nitrogen and oxygen atoms in total. The maximum Gasteiger partial charge on any atom is 0.328 e. The van der Waals surface area contributed by atoms with Crippen molar-refractivity contribution in [3.05, 3.63) is 12.2 Å². The summed E-state index contributed by atoms with van der Waals surface area (Å²) in [5, 5.41) is 48.8. The Balaban J connectivity index is 0.000000368. The molecule has 0 bridgehead atoms. The van der Waals surface area contributed by atoms with Crippen molar-refractivity contribution < 1.29 is 39.7 Å². The normalized spacial score (nSPS) is 42.2. The zero-order chi connectivity index (χ0) is 27.7. The Morgan fingerprint density at radius 2 is 1.76 bits per heavy atom. The van der Waals surface area contributed by atoms with Crippen LogP contribution in [-0.4, -0.2) is 74.5 Å². The smallest absolute Gasteiger partial charge is 0.328 e. The molecule has 1 saturated heterocycles. The van der Waals surface area contributed by atoms with Gasteiger partial charge in [0.1, 0.15) is 17.5 Å². The van der Waals surface area contributed by atoms with Gasteiger partial charge in [-0.3, -0.25) is 4.79 Å². The lowest BCUT2D eigenvalue weighted by Crippen LogP contribution is -2.66. The Hall–Kier alpha value is -2.79. The molecule has 0 spiro atoms. The first-order valence-corrected chi connectivity index (χ1v) is 13.5. The highest BCUT2D eigenvalue weighted by Gasteiger charge is 2.66. The maximum absolute atomic E-state index is 12.6. The van der Waals surface area contributed by atoms with Gasteiger partial charge in [-0.2, -0.15) is 0 Å². The number of Topliss-reactive ketones (excluding diaryl/α,β-unsaturated/α-hetero) is 1. The average molecular weight is 534 g/mol. The molecule has 0 aromatic carbocycles. The number of nitrogens with one attached hydrogen (secondary N) is 1. The van der Waals surface area contributed by atoms with E-state index in [1.165, 1.54) is 0 Å². The van der Waals surface area contributed by atoms with E-state index in [2.05, 4.69) is 29.5 Å². The number of carbonyl (C=O) groups excluding carboxylic acids is 1. The van der Waals surface area contributed by atoms with Gasteiger partial charge < -0.3 is 30.7 Å². The Kier molecular flexibility index (Phi) is 7.99. The summed E-state index contributed by atoms with van der Waals surface area (Å²) < 4.78 is 0. The second-order valence-electron chi connectivity index (χ2n) is 11.9. The van der Waals surface area contributed by atoms with Crippen LogP contribution >= 0.6 is 0 Å². The number of fused-ring (bicyclic) bond motifs is 5. The van der Waals surface area contributed by atoms with Crippen molar-refractivity contribution in [1.82, 2.24) is 5.32 Å². The molecule has 1 aliphatic heterocycles. The predicted octanol–water partition coefficient (Wildman–Crippen LogP) is 2.60. The van der Waals surface area contributed by atoms with Crippen LogP contribution in [-0.2, 0) is 19.2 Å². The molecular weight excluding hydrogens is 494 g/mol. The fraction of sp³-hybridized carbons (Fsp3) is 0.741. The lowest BCUT2D eigenvalue weighted by Gasteiger charge is -2.62. The second kappa shape index (κ2) is 10.8. The molecule has 0 aromatic rings. The third kappa shape index (κ3) is 4.98. The number of aliphatic hydroxyl groups is 1. The Morgan fingerprint density at radius 1 is 1.05 bits per heavy atom. The van der Waals surface area contributed by atoms with E-state index < -0.39 is 17.5 Å². The van der Waals surface area contributed by atoms with Gasteiger partial charge in [0.05, 0.1) is 11.4 Å². The molecule has 5 N–H and O–H groups in total. The summed E-state index contributed by atoms with van der Waals surface area (Å²) in [6.45, 7) is 6.07. The molecule has 7 atom stereocenters. The molecule has 210 valence electrons. The van der Waals surface area contributed by atoms with E-state index in [9.17, 15) is 24.7 Å². The summed E-state index contributed by atoms with van der Waals surface area (Å²) in [6, 6.07) is 0. The monoisotopic (exact) mass is 533 g/mol. The van der Waals surface area contributed by atoms with Crippen LogP contribution < -0.4 is 5.32 Å². The maximum atomic E-state index is 12.6. The van der Waals surface area contributed by atoms with Gasteiger partial charge in [0.25, 0.3) is 0 Å². The van der Waals surface area contributed by atoms with E-state index >= 15 is 0 Å². The van der Waals surface area contributed by atoms with Gasteiger partial charge in [0.15, 0.2) is 0 Å². The molecular formula is C27H39N3O8. The van der Waals surface area contributed by atoms with Crippen LogP contribution in [0.4, 0.5) is 0 Å². The van der Waals surface area contributed by atoms with Crippen LogP contribution in [0.5, 0.6) is 0 Å². The van der Waals surface area contributed by atoms with Gasteiger partial charge in [0, 0.05) is 48.8 Å². The van der Waals surface area contributed by atoms with Crippen LogP contribution in [0.15, 0.2) is 22.5 Å². The predicted molar refractivity (Wildman–Crippen MR) is 137 cm³/mol. The van der Waals surface area contributed by atoms with Gasteiger partial charge in [-0.05, 0) is 62.8 Å². The van der Waals surface area contributed by atoms with Crippen molar-refractivity contribution >= 4 is 29.1 Å². The van der Waals surface area contributed by atoms with Crippen molar-refractivity contribution in [2.45, 2.75) is 83.3 Å². The SMILES string of the molecule is C[C@]12CC[C@H]3[C@@H](C/C(=N\O)[C@@]4(O)C/C(=N/O[C@H]5CCNC5)CC[C@]34C)[C@@H]1CCC2=O.O=C(O)/C=C/C(=O)O. The molecule has 4 saturated carbocycles. The molecule has 0 aromatic heterocycles. The standard InChI is InChI=1S/C23H35N3O4.C4H4O4/c1-21-8-6-18-16(17(21)3-4-20(21)27)11-19(25-29)23(28)12-14(5-9-22(18,23)2)26-30-15-7-10-24-13-15;5-3(6)1-2-4(7)8/h15-18,24,28-29H,3-13H2,1-2H3;1-2H,(H,5,6)(H,7,8)/b25-19+,26-14+;2-1+/t15-,16-,17-,18-,21-,22+,23-;/m0./s1. The van der Waals surface area contributed by atoms with E-state index in [4.69, 9.17) is 15.1 Å². The number of rotatable bonds is 4. The van der Waals surface area contributed by atoms with Crippen molar-refractivity contribution in [3.8, 4) is 0 Å². The zero-order valence-corrected chi connectivity index (χ0v) is 22.1. The quantitative estimate of drug-likeness (QED) is 0.206. The largest absolute Gasteiger partial charge is 0.478 e. The van der Waals surface area contributed by atoms with E-state index in [0.29, 0.717) is 60.7 Å². The molecule has 0 amide bonds. The number of hydrogen-bond acceptors (Lipinski definition) is 9. The fourth-order valence-electron chi connectivity index (χ4n) is 7.86. The number of nitrogens with zero attached hydrogens (tertiary/aromatic N) is 2. The highest BCUT2D eigenvalue weighted by molar-refractivity contribution is 6.01. The lowest BCUT2D eigenvalue weighted by molar-refractivity contribution is -0.146. The van der Waals surface area contributed by atoms with E-state index in [0.717, 1.165) is 57.3 Å². The number of carboxylic acid groups (broad SMARTS) is 2. The molecule has 0 unspecified atom stereocenters. The second-order valence-corrected chi connectivity index (χ2v) is 11.9. The van der Waals surface area contributed by atoms with Crippen LogP contribution in [0.25, 0.3) is 0 Å². The number of carboxylic acids is 2. The van der Waals surface area contributed by atoms with Crippen LogP contribution in [0.2, 0.25) is 0 Å². The molecule has 5 fully saturated rings. The van der Waals surface area contributed by atoms with Gasteiger partial charge in [-0.25, -0.2) is 9.59 Å². The zero-order valence-electron chi connectivity index (χ0n) is 22.1. The highest BCUT2D eigenvalue weighted by atomic mass is 16.6. The first-order chi connectivity index (χ1) is 17.9. The van der Waals surface area contributed by atoms with Crippen LogP contribution in [0, 0.1) is 28.6 Å². The van der Waals surface area contributed by atoms with Gasteiger partial charge >= 0.3 is 11.9 Å². The highest BCUT2D eigenvalue weighted by Crippen LogP contribution is 2.65. The third-order valence-corrected chi connectivity index (χ3v) is 10.0. The number of ketones is 1. The van der Waals surface area contributed by atoms with E-state index in [-0.39, 0.29) is 16.9 Å². The Bertz CT molecular complexity index is 1030. The molecule has 11 heteroatoms. The van der Waals surface area contributed by atoms with Gasteiger partial charge in [-0.15, -0.1) is 0 Å². The lowest BCUT2D eigenvalue weighted by atomic mass is 9.43. The number of oxime groups is 2. The van der Waals surface area contributed by atoms with Gasteiger partial charge in [0.2, 0.25) is 0 Å². The first-order valence-electron chi connectivity index (χ1n) is 13.5. The third-order valence-electron chi connectivity index (χ3n) is 10.0. The van der Waals surface area contributed by atoms with E-state index in [1.807, 2.05) is 0 Å². The van der Waals surface area contributed by atoms with Gasteiger partial charge in [-0.1, -0.05) is 24.2 Å². The van der Waals surface area contributed by atoms with E-state index in [1.54, 1.807) is 0 Å². The van der Waals surface area contributed by atoms with Crippen LogP contribution in [0.1, 0.15) is 71.6 Å². The summed E-state index contributed by atoms with van der Waals surface area (Å²) >= 11 is 0. The Labute approximate surface area is 222 Å². The summed E-state index contributed by atoms with van der Waals surface area (Å²) in [6.07, 6.45) is 8.16. The fourth-order valence-corrected chi connectivity index (χ4v) is 7.86. The van der Waals surface area contributed by atoms with Crippen molar-refractivity contribution in [2.24, 2.45) is 38.9 Å². The molecule has 0 radical (unpaired) electrons. The topological polar surface area (TPSA) is 178 Å². The van der Waals surface area contributed by atoms with Crippen molar-refractivity contribution in [2.75, 3.05) is 13.1 Å². The summed E-state index contributed by atoms with van der Waals surface area (Å²) in [7, 11) is 0. The summed E-state index contributed by atoms with van der Waals surface area (Å²) in [5.41, 5.74) is -0.479. The minimum atomic E-state index is -1.26. The molecule has 5 aliphatic rings. The average Bonchev–Trinajstić information content (AvgIpc) is 3.50. The number of aliphatic carboxylic acids is 2. The number of carbonyl (C=O) groups is 3. The number of hydrogen-bond donors (Lipinski definition) is 5. The van der Waals surface area contributed by atoms with Crippen molar-refractivity contribution in [1.29, 1.82) is 0 Å². The minimum absolute atomic E-state index is 0.0955. The first kappa shape index (κ1) is 28.2. The minimum Gasteiger partial charge on any atom is -0.478 e. The molecule has 1 heterocycles. The molecule has 5 rings (SSSR count). The molecule has 4 aliphatic carbocycles. The Morgan fingerprint density at radius 3 is 2.37 bits per heavy atom. The molecule has 38 heavy (non-hydrogen) atoms. The summed E-state index contributed by atoms with van der Waals surface area (Å²) in [5.74, 6) is -1.16. The van der Waals surface area contributed by atoms with Crippen LogP contribution in [0.3, 0.4) is 0 Å². The summed E-state index contributed by atoms with van der Waals surface area (Å²) in [4.78, 5) is 37.5.